The summed E-state index contributed by atoms with van der Waals surface area (Å²) >= 11 is 0. The van der Waals surface area contributed by atoms with Gasteiger partial charge in [0.25, 0.3) is 0 Å². The number of para-hydroxylation sites is 1. The van der Waals surface area contributed by atoms with Crippen molar-refractivity contribution in [2.24, 2.45) is 0 Å². The average Bonchev–Trinajstić information content (AvgIpc) is 2.64. The van der Waals surface area contributed by atoms with Crippen LogP contribution in [0.2, 0.25) is 0 Å². The smallest absolute Gasteiger partial charge is 0.315 e. The van der Waals surface area contributed by atoms with Gasteiger partial charge in [-0.15, -0.1) is 0 Å². The Balaban J connectivity index is 1.52. The van der Waals surface area contributed by atoms with Gasteiger partial charge < -0.3 is 10.6 Å². The minimum absolute atomic E-state index is 0.0141. The molecule has 3 rings (SSSR count). The van der Waals surface area contributed by atoms with E-state index in [0.717, 1.165) is 27.6 Å². The summed E-state index contributed by atoms with van der Waals surface area (Å²) < 4.78 is 22.6. The van der Waals surface area contributed by atoms with Crippen LogP contribution in [-0.2, 0) is 28.7 Å². The minimum Gasteiger partial charge on any atom is -0.334 e. The number of sulfone groups is 1. The molecule has 0 saturated carbocycles. The molecule has 0 unspecified atom stereocenters. The largest absolute Gasteiger partial charge is 0.334 e. The number of benzene rings is 2. The van der Waals surface area contributed by atoms with Gasteiger partial charge in [0.1, 0.15) is 0 Å². The normalized spacial score (nSPS) is 11.3. The van der Waals surface area contributed by atoms with Crippen molar-refractivity contribution in [1.82, 2.24) is 15.6 Å². The van der Waals surface area contributed by atoms with E-state index in [0.29, 0.717) is 13.1 Å². The van der Waals surface area contributed by atoms with Crippen LogP contribution in [0, 0.1) is 0 Å². The Bertz CT molecular complexity index is 1040. The van der Waals surface area contributed by atoms with Crippen molar-refractivity contribution in [1.29, 1.82) is 0 Å². The first kappa shape index (κ1) is 18.8. The summed E-state index contributed by atoms with van der Waals surface area (Å²) in [6.45, 7) is 0.742. The zero-order valence-corrected chi connectivity index (χ0v) is 15.8. The molecule has 140 valence electrons. The lowest BCUT2D eigenvalue weighted by Crippen LogP contribution is -2.34. The Labute approximate surface area is 158 Å². The molecule has 0 atom stereocenters. The monoisotopic (exact) mass is 383 g/mol. The number of amides is 2. The summed E-state index contributed by atoms with van der Waals surface area (Å²) in [5.41, 5.74) is 3.46. The predicted molar refractivity (Wildman–Crippen MR) is 106 cm³/mol. The molecular formula is C20H21N3O3S. The van der Waals surface area contributed by atoms with Crippen LogP contribution in [0.1, 0.15) is 16.7 Å². The van der Waals surface area contributed by atoms with Crippen LogP contribution in [0.5, 0.6) is 0 Å². The Morgan fingerprint density at radius 3 is 2.33 bits per heavy atom. The van der Waals surface area contributed by atoms with E-state index in [1.807, 2.05) is 42.5 Å². The number of carbonyl (C=O) groups excluding carboxylic acids is 1. The van der Waals surface area contributed by atoms with E-state index in [-0.39, 0.29) is 11.8 Å². The Hall–Kier alpha value is -2.93. The number of urea groups is 1. The van der Waals surface area contributed by atoms with Crippen LogP contribution >= 0.6 is 0 Å². The summed E-state index contributed by atoms with van der Waals surface area (Å²) in [4.78, 5) is 16.4. The van der Waals surface area contributed by atoms with Crippen LogP contribution in [0.4, 0.5) is 4.79 Å². The summed E-state index contributed by atoms with van der Waals surface area (Å²) in [5.74, 6) is 0.0141. The highest BCUT2D eigenvalue weighted by Crippen LogP contribution is 2.15. The number of nitrogens with one attached hydrogen (secondary N) is 2. The maximum atomic E-state index is 12.1. The van der Waals surface area contributed by atoms with Gasteiger partial charge in [0.2, 0.25) is 0 Å². The second kappa shape index (κ2) is 8.18. The van der Waals surface area contributed by atoms with Gasteiger partial charge in [0.15, 0.2) is 9.84 Å². The van der Waals surface area contributed by atoms with Gasteiger partial charge in [-0.05, 0) is 22.8 Å². The number of pyridine rings is 1. The lowest BCUT2D eigenvalue weighted by atomic mass is 10.1. The number of carbonyl (C=O) groups is 1. The van der Waals surface area contributed by atoms with Crippen molar-refractivity contribution in [2.45, 2.75) is 18.8 Å². The summed E-state index contributed by atoms with van der Waals surface area (Å²) in [5, 5.41) is 6.66. The third-order valence-electron chi connectivity index (χ3n) is 4.06. The molecule has 27 heavy (non-hydrogen) atoms. The van der Waals surface area contributed by atoms with Gasteiger partial charge in [0.05, 0.1) is 11.3 Å². The Morgan fingerprint density at radius 2 is 1.59 bits per heavy atom. The molecular weight excluding hydrogens is 362 g/mol. The first-order valence-electron chi connectivity index (χ1n) is 8.50. The quantitative estimate of drug-likeness (QED) is 0.685. The molecule has 0 spiro atoms. The van der Waals surface area contributed by atoms with Crippen LogP contribution in [0.15, 0.2) is 60.8 Å². The maximum Gasteiger partial charge on any atom is 0.315 e. The van der Waals surface area contributed by atoms with Gasteiger partial charge in [-0.3, -0.25) is 4.98 Å². The van der Waals surface area contributed by atoms with Gasteiger partial charge in [0, 0.05) is 30.9 Å². The fraction of sp³-hybridized carbons (Fsp3) is 0.200. The van der Waals surface area contributed by atoms with E-state index in [1.165, 1.54) is 6.26 Å². The second-order valence-electron chi connectivity index (χ2n) is 6.42. The number of nitrogens with zero attached hydrogens (tertiary/aromatic N) is 1. The molecule has 2 amide bonds. The predicted octanol–water partition coefficient (Wildman–Crippen LogP) is 2.78. The number of fused-ring (bicyclic) bond motifs is 1. The molecule has 0 aliphatic rings. The molecule has 0 bridgehead atoms. The summed E-state index contributed by atoms with van der Waals surface area (Å²) in [6, 6.07) is 16.6. The van der Waals surface area contributed by atoms with Crippen molar-refractivity contribution >= 4 is 26.8 Å². The van der Waals surface area contributed by atoms with Crippen molar-refractivity contribution in [3.05, 3.63) is 77.5 Å². The molecule has 1 aromatic heterocycles. The van der Waals surface area contributed by atoms with Crippen LogP contribution < -0.4 is 10.6 Å². The molecule has 0 aliphatic heterocycles. The van der Waals surface area contributed by atoms with Gasteiger partial charge in [-0.25, -0.2) is 13.2 Å². The SMILES string of the molecule is CS(=O)(=O)Cc1ccc(CNC(=O)NCc2cccc3cccnc23)cc1. The number of rotatable bonds is 6. The third kappa shape index (κ3) is 5.52. The summed E-state index contributed by atoms with van der Waals surface area (Å²) in [7, 11) is -3.05. The van der Waals surface area contributed by atoms with Crippen molar-refractivity contribution in [3.8, 4) is 0 Å². The fourth-order valence-corrected chi connectivity index (χ4v) is 3.58. The van der Waals surface area contributed by atoms with Gasteiger partial charge >= 0.3 is 6.03 Å². The van der Waals surface area contributed by atoms with Crippen molar-refractivity contribution in [2.75, 3.05) is 6.26 Å². The average molecular weight is 383 g/mol. The summed E-state index contributed by atoms with van der Waals surface area (Å²) in [6.07, 6.45) is 2.94. The van der Waals surface area contributed by atoms with E-state index in [4.69, 9.17) is 0 Å². The molecule has 0 fully saturated rings. The van der Waals surface area contributed by atoms with Crippen LogP contribution in [-0.4, -0.2) is 25.7 Å². The molecule has 2 aromatic carbocycles. The Kier molecular flexibility index (Phi) is 5.71. The number of hydrogen-bond acceptors (Lipinski definition) is 4. The first-order valence-corrected chi connectivity index (χ1v) is 10.6. The molecule has 0 radical (unpaired) electrons. The lowest BCUT2D eigenvalue weighted by Gasteiger charge is -2.10. The molecule has 1 heterocycles. The fourth-order valence-electron chi connectivity index (χ4n) is 2.79. The number of hydrogen-bond donors (Lipinski definition) is 2. The van der Waals surface area contributed by atoms with E-state index >= 15 is 0 Å². The van der Waals surface area contributed by atoms with Gasteiger partial charge in [-0.2, -0.15) is 0 Å². The van der Waals surface area contributed by atoms with Crippen LogP contribution in [0.25, 0.3) is 10.9 Å². The molecule has 7 heteroatoms. The highest BCUT2D eigenvalue weighted by Gasteiger charge is 2.06. The Morgan fingerprint density at radius 1 is 0.926 bits per heavy atom. The zero-order chi connectivity index (χ0) is 19.3. The van der Waals surface area contributed by atoms with E-state index in [9.17, 15) is 13.2 Å². The number of aromatic nitrogens is 1. The van der Waals surface area contributed by atoms with Crippen molar-refractivity contribution in [3.63, 3.8) is 0 Å². The molecule has 2 N–H and O–H groups in total. The van der Waals surface area contributed by atoms with Gasteiger partial charge in [-0.1, -0.05) is 48.5 Å². The molecule has 6 nitrogen and oxygen atoms in total. The van der Waals surface area contributed by atoms with Crippen LogP contribution in [0.3, 0.4) is 0 Å². The second-order valence-corrected chi connectivity index (χ2v) is 8.56. The van der Waals surface area contributed by atoms with Crippen molar-refractivity contribution < 1.29 is 13.2 Å². The lowest BCUT2D eigenvalue weighted by molar-refractivity contribution is 0.240. The molecule has 0 aliphatic carbocycles. The molecule has 0 saturated heterocycles. The highest BCUT2D eigenvalue weighted by molar-refractivity contribution is 7.89. The molecule has 3 aromatic rings. The van der Waals surface area contributed by atoms with E-state index < -0.39 is 9.84 Å². The third-order valence-corrected chi connectivity index (χ3v) is 4.92. The maximum absolute atomic E-state index is 12.1. The topological polar surface area (TPSA) is 88.2 Å². The minimum atomic E-state index is -3.05. The zero-order valence-electron chi connectivity index (χ0n) is 15.0. The highest BCUT2D eigenvalue weighted by atomic mass is 32.2. The van der Waals surface area contributed by atoms with E-state index in [1.54, 1.807) is 18.3 Å². The first-order chi connectivity index (χ1) is 12.9. The van der Waals surface area contributed by atoms with E-state index in [2.05, 4.69) is 15.6 Å². The standard InChI is InChI=1S/C20H21N3O3S/c1-27(25,26)14-16-9-7-15(8-10-16)12-22-20(24)23-13-18-5-2-4-17-6-3-11-21-19(17)18/h2-11H,12-14H2,1H3,(H2,22,23,24).